The van der Waals surface area contributed by atoms with Gasteiger partial charge in [0.05, 0.1) is 0 Å². The summed E-state index contributed by atoms with van der Waals surface area (Å²) in [7, 11) is 0. The standard InChI is InChI=1S/C11H18N4O/c1-7-5-9(12)3-4-15(7)10-6-11(16)14-8(2)13-10/h6-7,9H,3-5,12H2,1-2H3,(H,13,14,16). The maximum absolute atomic E-state index is 11.4. The molecule has 88 valence electrons. The number of piperidine rings is 1. The first-order chi connectivity index (χ1) is 7.56. The Morgan fingerprint density at radius 1 is 1.62 bits per heavy atom. The van der Waals surface area contributed by atoms with Crippen LogP contribution in [0.1, 0.15) is 25.6 Å². The van der Waals surface area contributed by atoms with Gasteiger partial charge >= 0.3 is 0 Å². The normalized spacial score (nSPS) is 25.8. The number of nitrogens with two attached hydrogens (primary N) is 1. The lowest BCUT2D eigenvalue weighted by atomic mass is 9.99. The molecule has 1 aromatic heterocycles. The van der Waals surface area contributed by atoms with Crippen molar-refractivity contribution in [2.75, 3.05) is 11.4 Å². The van der Waals surface area contributed by atoms with E-state index in [0.29, 0.717) is 11.9 Å². The molecule has 2 rings (SSSR count). The van der Waals surface area contributed by atoms with Crippen molar-refractivity contribution in [1.29, 1.82) is 0 Å². The van der Waals surface area contributed by atoms with Gasteiger partial charge in [-0.3, -0.25) is 4.79 Å². The van der Waals surface area contributed by atoms with Crippen molar-refractivity contribution in [1.82, 2.24) is 9.97 Å². The first kappa shape index (κ1) is 11.1. The number of H-pyrrole nitrogens is 1. The molecule has 2 atom stereocenters. The van der Waals surface area contributed by atoms with Gasteiger partial charge < -0.3 is 15.6 Å². The third-order valence-electron chi connectivity index (χ3n) is 3.06. The molecule has 0 spiro atoms. The second-order valence-electron chi connectivity index (χ2n) is 4.52. The molecule has 1 saturated heterocycles. The van der Waals surface area contributed by atoms with Gasteiger partial charge in [0.1, 0.15) is 11.6 Å². The Kier molecular flexibility index (Phi) is 2.96. The highest BCUT2D eigenvalue weighted by Crippen LogP contribution is 2.21. The summed E-state index contributed by atoms with van der Waals surface area (Å²) in [5, 5.41) is 0. The molecule has 1 aliphatic rings. The zero-order valence-corrected chi connectivity index (χ0v) is 9.73. The first-order valence-corrected chi connectivity index (χ1v) is 5.66. The number of rotatable bonds is 1. The van der Waals surface area contributed by atoms with Crippen LogP contribution in [0.3, 0.4) is 0 Å². The van der Waals surface area contributed by atoms with Gasteiger partial charge in [-0.2, -0.15) is 0 Å². The van der Waals surface area contributed by atoms with E-state index in [9.17, 15) is 4.79 Å². The molecule has 0 aliphatic carbocycles. The monoisotopic (exact) mass is 222 g/mol. The summed E-state index contributed by atoms with van der Waals surface area (Å²) in [6.07, 6.45) is 1.91. The Bertz CT molecular complexity index is 428. The van der Waals surface area contributed by atoms with Crippen LogP contribution in [-0.4, -0.2) is 28.6 Å². The van der Waals surface area contributed by atoms with Gasteiger partial charge in [-0.05, 0) is 26.7 Å². The smallest absolute Gasteiger partial charge is 0.252 e. The van der Waals surface area contributed by atoms with E-state index in [1.165, 1.54) is 0 Å². The van der Waals surface area contributed by atoms with Crippen molar-refractivity contribution in [3.8, 4) is 0 Å². The summed E-state index contributed by atoms with van der Waals surface area (Å²) in [6.45, 7) is 4.79. The molecule has 0 amide bonds. The molecule has 5 nitrogen and oxygen atoms in total. The van der Waals surface area contributed by atoms with E-state index in [4.69, 9.17) is 5.73 Å². The summed E-state index contributed by atoms with van der Waals surface area (Å²) >= 11 is 0. The highest BCUT2D eigenvalue weighted by molar-refractivity contribution is 5.39. The number of aromatic nitrogens is 2. The second-order valence-corrected chi connectivity index (χ2v) is 4.52. The highest BCUT2D eigenvalue weighted by Gasteiger charge is 2.24. The van der Waals surface area contributed by atoms with Gasteiger partial charge in [0.25, 0.3) is 5.56 Å². The minimum atomic E-state index is -0.0930. The zero-order chi connectivity index (χ0) is 11.7. The van der Waals surface area contributed by atoms with Crippen LogP contribution in [0.4, 0.5) is 5.82 Å². The van der Waals surface area contributed by atoms with Crippen LogP contribution in [0.2, 0.25) is 0 Å². The first-order valence-electron chi connectivity index (χ1n) is 5.66. The molecule has 2 heterocycles. The van der Waals surface area contributed by atoms with Crippen LogP contribution in [0.15, 0.2) is 10.9 Å². The Morgan fingerprint density at radius 3 is 3.00 bits per heavy atom. The van der Waals surface area contributed by atoms with E-state index >= 15 is 0 Å². The molecule has 5 heteroatoms. The third kappa shape index (κ3) is 2.24. The quantitative estimate of drug-likeness (QED) is 0.721. The molecule has 1 aromatic rings. The van der Waals surface area contributed by atoms with E-state index < -0.39 is 0 Å². The predicted octanol–water partition coefficient (Wildman–Crippen LogP) is 0.394. The van der Waals surface area contributed by atoms with Crippen molar-refractivity contribution in [2.45, 2.75) is 38.8 Å². The number of nitrogens with zero attached hydrogens (tertiary/aromatic N) is 2. The number of anilines is 1. The fourth-order valence-corrected chi connectivity index (χ4v) is 2.26. The lowest BCUT2D eigenvalue weighted by Gasteiger charge is -2.37. The highest BCUT2D eigenvalue weighted by atomic mass is 16.1. The van der Waals surface area contributed by atoms with Crippen molar-refractivity contribution in [3.05, 3.63) is 22.2 Å². The summed E-state index contributed by atoms with van der Waals surface area (Å²) in [6, 6.07) is 2.17. The van der Waals surface area contributed by atoms with E-state index in [1.807, 2.05) is 0 Å². The Hall–Kier alpha value is -1.36. The molecule has 0 aromatic carbocycles. The van der Waals surface area contributed by atoms with E-state index in [2.05, 4.69) is 21.8 Å². The van der Waals surface area contributed by atoms with Crippen LogP contribution in [0.25, 0.3) is 0 Å². The summed E-state index contributed by atoms with van der Waals surface area (Å²) < 4.78 is 0. The fourth-order valence-electron chi connectivity index (χ4n) is 2.26. The summed E-state index contributed by atoms with van der Waals surface area (Å²) in [5.74, 6) is 1.42. The summed E-state index contributed by atoms with van der Waals surface area (Å²) in [5.41, 5.74) is 5.82. The van der Waals surface area contributed by atoms with Crippen LogP contribution in [0.5, 0.6) is 0 Å². The van der Waals surface area contributed by atoms with Gasteiger partial charge in [0, 0.05) is 24.7 Å². The van der Waals surface area contributed by atoms with E-state index in [0.717, 1.165) is 25.2 Å². The van der Waals surface area contributed by atoms with Gasteiger partial charge in [0.2, 0.25) is 0 Å². The van der Waals surface area contributed by atoms with E-state index in [1.54, 1.807) is 13.0 Å². The zero-order valence-electron chi connectivity index (χ0n) is 9.73. The average Bonchev–Trinajstić information content (AvgIpc) is 2.15. The number of aromatic amines is 1. The van der Waals surface area contributed by atoms with Gasteiger partial charge in [0.15, 0.2) is 0 Å². The van der Waals surface area contributed by atoms with Crippen LogP contribution < -0.4 is 16.2 Å². The molecule has 3 N–H and O–H groups in total. The fraction of sp³-hybridized carbons (Fsp3) is 0.636. The Morgan fingerprint density at radius 2 is 2.38 bits per heavy atom. The van der Waals surface area contributed by atoms with Crippen molar-refractivity contribution in [2.24, 2.45) is 5.73 Å². The topological polar surface area (TPSA) is 75.0 Å². The Labute approximate surface area is 94.7 Å². The van der Waals surface area contributed by atoms with Crippen LogP contribution in [0, 0.1) is 6.92 Å². The maximum atomic E-state index is 11.4. The molecule has 1 fully saturated rings. The largest absolute Gasteiger partial charge is 0.354 e. The lowest BCUT2D eigenvalue weighted by Crippen LogP contribution is -2.46. The minimum absolute atomic E-state index is 0.0930. The number of aryl methyl sites for hydroxylation is 1. The third-order valence-corrected chi connectivity index (χ3v) is 3.06. The number of nitrogens with one attached hydrogen (secondary N) is 1. The molecular formula is C11H18N4O. The summed E-state index contributed by atoms with van der Waals surface area (Å²) in [4.78, 5) is 20.6. The Balaban J connectivity index is 2.26. The number of hydrogen-bond donors (Lipinski definition) is 2. The molecule has 0 saturated carbocycles. The van der Waals surface area contributed by atoms with Gasteiger partial charge in [-0.15, -0.1) is 0 Å². The number of hydrogen-bond acceptors (Lipinski definition) is 4. The molecular weight excluding hydrogens is 204 g/mol. The maximum Gasteiger partial charge on any atom is 0.252 e. The molecule has 0 bridgehead atoms. The van der Waals surface area contributed by atoms with E-state index in [-0.39, 0.29) is 11.6 Å². The molecule has 16 heavy (non-hydrogen) atoms. The average molecular weight is 222 g/mol. The van der Waals surface area contributed by atoms with Crippen LogP contribution >= 0.6 is 0 Å². The van der Waals surface area contributed by atoms with Crippen molar-refractivity contribution < 1.29 is 0 Å². The molecule has 2 unspecified atom stereocenters. The molecule has 0 radical (unpaired) electrons. The van der Waals surface area contributed by atoms with Gasteiger partial charge in [-0.1, -0.05) is 0 Å². The van der Waals surface area contributed by atoms with Crippen molar-refractivity contribution in [3.63, 3.8) is 0 Å². The van der Waals surface area contributed by atoms with Crippen molar-refractivity contribution >= 4 is 5.82 Å². The second kappa shape index (κ2) is 4.25. The predicted molar refractivity (Wildman–Crippen MR) is 63.6 cm³/mol. The molecule has 1 aliphatic heterocycles. The van der Waals surface area contributed by atoms with Gasteiger partial charge in [-0.25, -0.2) is 4.98 Å². The van der Waals surface area contributed by atoms with Crippen LogP contribution in [-0.2, 0) is 0 Å². The minimum Gasteiger partial charge on any atom is -0.354 e. The lowest BCUT2D eigenvalue weighted by molar-refractivity contribution is 0.427. The SMILES string of the molecule is Cc1nc(N2CCC(N)CC2C)cc(=O)[nH]1.